The lowest BCUT2D eigenvalue weighted by molar-refractivity contribution is 0.0223. The van der Waals surface area contributed by atoms with E-state index < -0.39 is 18.2 Å². The Hall–Kier alpha value is -3.51. The zero-order valence-corrected chi connectivity index (χ0v) is 14.0. The first kappa shape index (κ1) is 15.7. The molecule has 0 amide bonds. The van der Waals surface area contributed by atoms with E-state index in [0.29, 0.717) is 22.3 Å². The van der Waals surface area contributed by atoms with Gasteiger partial charge in [-0.25, -0.2) is 4.79 Å². The van der Waals surface area contributed by atoms with Gasteiger partial charge in [-0.1, -0.05) is 18.2 Å². The van der Waals surface area contributed by atoms with Crippen molar-refractivity contribution in [1.82, 2.24) is 0 Å². The minimum absolute atomic E-state index is 0.0179. The molecule has 6 nitrogen and oxygen atoms in total. The van der Waals surface area contributed by atoms with E-state index in [4.69, 9.17) is 9.47 Å². The van der Waals surface area contributed by atoms with Crippen LogP contribution in [-0.2, 0) is 16.9 Å². The normalized spacial score (nSPS) is 19.1. The van der Waals surface area contributed by atoms with Crippen LogP contribution in [0.2, 0.25) is 0 Å². The number of hydrogen-bond donors (Lipinski definition) is 3. The van der Waals surface area contributed by atoms with Crippen molar-refractivity contribution < 1.29 is 29.6 Å². The van der Waals surface area contributed by atoms with Crippen molar-refractivity contribution in [2.24, 2.45) is 0 Å². The Labute approximate surface area is 153 Å². The molecule has 0 saturated heterocycles. The quantitative estimate of drug-likeness (QED) is 0.576. The molecule has 0 bridgehead atoms. The monoisotopic (exact) mass is 362 g/mol. The zero-order valence-electron chi connectivity index (χ0n) is 14.0. The van der Waals surface area contributed by atoms with Crippen LogP contribution < -0.4 is 4.74 Å². The van der Waals surface area contributed by atoms with Gasteiger partial charge in [0.1, 0.15) is 23.0 Å². The third-order valence-electron chi connectivity index (χ3n) is 5.10. The Morgan fingerprint density at radius 3 is 2.52 bits per heavy atom. The highest BCUT2D eigenvalue weighted by molar-refractivity contribution is 5.97. The second-order valence-electron chi connectivity index (χ2n) is 6.50. The van der Waals surface area contributed by atoms with Crippen molar-refractivity contribution in [2.75, 3.05) is 0 Å². The van der Waals surface area contributed by atoms with Crippen molar-refractivity contribution >= 4 is 5.97 Å². The maximum Gasteiger partial charge on any atom is 0.340 e. The number of esters is 1. The Bertz CT molecular complexity index is 1120. The smallest absolute Gasteiger partial charge is 0.340 e. The van der Waals surface area contributed by atoms with E-state index in [0.717, 1.165) is 0 Å². The first-order chi connectivity index (χ1) is 13.1. The molecule has 2 heterocycles. The summed E-state index contributed by atoms with van der Waals surface area (Å²) in [4.78, 5) is 12.6. The molecule has 3 aromatic carbocycles. The van der Waals surface area contributed by atoms with Crippen LogP contribution in [0.1, 0.15) is 32.6 Å². The number of carbonyl (C=O) groups excluding carboxylic acids is 1. The molecule has 27 heavy (non-hydrogen) atoms. The summed E-state index contributed by atoms with van der Waals surface area (Å²) in [6.07, 6.45) is 0. The molecule has 3 aromatic rings. The maximum absolute atomic E-state index is 12.6. The van der Waals surface area contributed by atoms with Gasteiger partial charge in [-0.05, 0) is 30.3 Å². The summed E-state index contributed by atoms with van der Waals surface area (Å²) >= 11 is 0. The summed E-state index contributed by atoms with van der Waals surface area (Å²) in [6.45, 7) is -0.463. The largest absolute Gasteiger partial charge is 0.508 e. The second-order valence-corrected chi connectivity index (χ2v) is 6.50. The van der Waals surface area contributed by atoms with Crippen LogP contribution in [0.25, 0.3) is 0 Å². The molecule has 1 unspecified atom stereocenters. The van der Waals surface area contributed by atoms with Gasteiger partial charge in [0.25, 0.3) is 0 Å². The van der Waals surface area contributed by atoms with E-state index in [1.165, 1.54) is 18.2 Å². The van der Waals surface area contributed by atoms with Crippen LogP contribution in [-0.4, -0.2) is 21.3 Å². The molecule has 2 aliphatic rings. The van der Waals surface area contributed by atoms with E-state index in [2.05, 4.69) is 0 Å². The number of phenolic OH excluding ortho intramolecular Hbond substituents is 1. The summed E-state index contributed by atoms with van der Waals surface area (Å²) in [6, 6.07) is 14.7. The number of ether oxygens (including phenoxy) is 2. The lowest BCUT2D eigenvalue weighted by Crippen LogP contribution is -2.33. The van der Waals surface area contributed by atoms with Crippen molar-refractivity contribution in [1.29, 1.82) is 0 Å². The molecule has 0 aromatic heterocycles. The molecule has 0 saturated carbocycles. The number of aromatic hydroxyl groups is 2. The van der Waals surface area contributed by atoms with Crippen LogP contribution in [0.15, 0.2) is 54.6 Å². The minimum Gasteiger partial charge on any atom is -0.508 e. The van der Waals surface area contributed by atoms with Crippen molar-refractivity contribution in [3.63, 3.8) is 0 Å². The topological polar surface area (TPSA) is 96.2 Å². The standard InChI is InChI=1S/C21H14O6/c22-10-13-17(24)8-7-16-19(13)26-18-9-11(23)5-6-15(18)21(16)14-4-2-1-3-12(14)20(25)27-21/h1-9,22-24H,10H2. The Balaban J connectivity index is 1.93. The van der Waals surface area contributed by atoms with Gasteiger partial charge in [-0.2, -0.15) is 0 Å². The van der Waals surface area contributed by atoms with Gasteiger partial charge in [0.2, 0.25) is 0 Å². The summed E-state index contributed by atoms with van der Waals surface area (Å²) in [5.74, 6) is -0.133. The van der Waals surface area contributed by atoms with Crippen LogP contribution >= 0.6 is 0 Å². The second kappa shape index (κ2) is 5.25. The van der Waals surface area contributed by atoms with Crippen molar-refractivity contribution in [3.8, 4) is 23.0 Å². The molecule has 0 radical (unpaired) electrons. The van der Waals surface area contributed by atoms with E-state index in [9.17, 15) is 20.1 Å². The first-order valence-corrected chi connectivity index (χ1v) is 8.36. The first-order valence-electron chi connectivity index (χ1n) is 8.36. The summed E-state index contributed by atoms with van der Waals surface area (Å²) < 4.78 is 11.9. The van der Waals surface area contributed by atoms with Crippen LogP contribution in [0.5, 0.6) is 23.0 Å². The number of carbonyl (C=O) groups is 1. The SMILES string of the molecule is O=C1OC2(c3ccc(O)cc3Oc3c2ccc(O)c3CO)c2ccccc21. The third kappa shape index (κ3) is 1.90. The Morgan fingerprint density at radius 1 is 0.926 bits per heavy atom. The van der Waals surface area contributed by atoms with Gasteiger partial charge in [-0.15, -0.1) is 0 Å². The van der Waals surface area contributed by atoms with Gasteiger partial charge >= 0.3 is 5.97 Å². The average Bonchev–Trinajstić information content (AvgIpc) is 2.95. The lowest BCUT2D eigenvalue weighted by Gasteiger charge is -2.37. The van der Waals surface area contributed by atoms with E-state index in [-0.39, 0.29) is 28.6 Å². The summed E-state index contributed by atoms with van der Waals surface area (Å²) in [5, 5.41) is 29.8. The van der Waals surface area contributed by atoms with E-state index in [1.807, 2.05) is 6.07 Å². The fraction of sp³-hybridized carbons (Fsp3) is 0.0952. The van der Waals surface area contributed by atoms with Gasteiger partial charge in [0.05, 0.1) is 17.7 Å². The van der Waals surface area contributed by atoms with Crippen molar-refractivity contribution in [2.45, 2.75) is 12.2 Å². The molecule has 3 N–H and O–H groups in total. The highest BCUT2D eigenvalue weighted by Gasteiger charge is 2.54. The predicted molar refractivity (Wildman–Crippen MR) is 93.9 cm³/mol. The number of hydrogen-bond acceptors (Lipinski definition) is 6. The number of rotatable bonds is 1. The summed E-state index contributed by atoms with van der Waals surface area (Å²) in [5.41, 5.74) is 1.02. The van der Waals surface area contributed by atoms with Gasteiger partial charge < -0.3 is 24.8 Å². The maximum atomic E-state index is 12.6. The molecule has 134 valence electrons. The van der Waals surface area contributed by atoms with E-state index >= 15 is 0 Å². The number of phenols is 2. The number of benzene rings is 3. The van der Waals surface area contributed by atoms with Gasteiger partial charge in [-0.3, -0.25) is 0 Å². The van der Waals surface area contributed by atoms with Crippen LogP contribution in [0, 0.1) is 0 Å². The fourth-order valence-electron chi connectivity index (χ4n) is 3.92. The molecule has 5 rings (SSSR count). The third-order valence-corrected chi connectivity index (χ3v) is 5.10. The van der Waals surface area contributed by atoms with Crippen molar-refractivity contribution in [3.05, 3.63) is 82.4 Å². The van der Waals surface area contributed by atoms with Gasteiger partial charge in [0, 0.05) is 22.8 Å². The number of aliphatic hydroxyl groups is 1. The highest BCUT2D eigenvalue weighted by Crippen LogP contribution is 2.57. The summed E-state index contributed by atoms with van der Waals surface area (Å²) in [7, 11) is 0. The molecule has 1 spiro atoms. The molecule has 6 heteroatoms. The van der Waals surface area contributed by atoms with Gasteiger partial charge in [0.15, 0.2) is 5.60 Å². The molecule has 1 atom stereocenters. The highest BCUT2D eigenvalue weighted by atomic mass is 16.6. The average molecular weight is 362 g/mol. The van der Waals surface area contributed by atoms with Crippen LogP contribution in [0.3, 0.4) is 0 Å². The Kier molecular flexibility index (Phi) is 3.06. The molecular formula is C21H14O6. The molecular weight excluding hydrogens is 348 g/mol. The van der Waals surface area contributed by atoms with E-state index in [1.54, 1.807) is 30.3 Å². The lowest BCUT2D eigenvalue weighted by atomic mass is 9.77. The minimum atomic E-state index is -1.29. The molecule has 0 fully saturated rings. The number of aliphatic hydroxyl groups excluding tert-OH is 1. The zero-order chi connectivity index (χ0) is 18.8. The molecule has 2 aliphatic heterocycles. The predicted octanol–water partition coefficient (Wildman–Crippen LogP) is 3.16. The Morgan fingerprint density at radius 2 is 1.70 bits per heavy atom. The van der Waals surface area contributed by atoms with Crippen LogP contribution in [0.4, 0.5) is 0 Å². The number of fused-ring (bicyclic) bond motifs is 6. The molecule has 0 aliphatic carbocycles. The fourth-order valence-corrected chi connectivity index (χ4v) is 3.92.